The van der Waals surface area contributed by atoms with Crippen molar-refractivity contribution in [1.82, 2.24) is 9.80 Å². The van der Waals surface area contributed by atoms with Crippen LogP contribution < -0.4 is 20.5 Å². The van der Waals surface area contributed by atoms with Gasteiger partial charge in [0.15, 0.2) is 11.5 Å². The predicted molar refractivity (Wildman–Crippen MR) is 128 cm³/mol. The van der Waals surface area contributed by atoms with Crippen LogP contribution in [0, 0.1) is 0 Å². The van der Waals surface area contributed by atoms with Gasteiger partial charge in [-0.25, -0.2) is 0 Å². The number of para-hydroxylation sites is 1. The lowest BCUT2D eigenvalue weighted by Gasteiger charge is -2.38. The Kier molecular flexibility index (Phi) is 7.91. The summed E-state index contributed by atoms with van der Waals surface area (Å²) in [5.41, 5.74) is 6.53. The highest BCUT2D eigenvalue weighted by molar-refractivity contribution is 14.1. The topological polar surface area (TPSA) is 114 Å². The molecule has 32 heavy (non-hydrogen) atoms. The third kappa shape index (κ3) is 5.49. The highest BCUT2D eigenvalue weighted by Crippen LogP contribution is 2.28. The third-order valence-electron chi connectivity index (χ3n) is 5.16. The van der Waals surface area contributed by atoms with Crippen LogP contribution in [0.15, 0.2) is 42.5 Å². The van der Waals surface area contributed by atoms with Crippen molar-refractivity contribution >= 4 is 46.0 Å². The number of carbonyl (C=O) groups excluding carboxylic acids is 3. The normalized spacial score (nSPS) is 16.3. The van der Waals surface area contributed by atoms with Crippen LogP contribution >= 0.6 is 22.6 Å². The molecule has 9 nitrogen and oxygen atoms in total. The number of hydrogen-bond acceptors (Lipinski definition) is 6. The molecule has 1 heterocycles. The Morgan fingerprint density at radius 1 is 1.09 bits per heavy atom. The summed E-state index contributed by atoms with van der Waals surface area (Å²) in [6, 6.07) is 11.7. The second-order valence-corrected chi connectivity index (χ2v) is 8.62. The number of piperazine rings is 1. The van der Waals surface area contributed by atoms with Crippen molar-refractivity contribution in [1.29, 1.82) is 0 Å². The van der Waals surface area contributed by atoms with E-state index in [0.29, 0.717) is 42.4 Å². The number of primary amides is 1. The van der Waals surface area contributed by atoms with Gasteiger partial charge in [0.2, 0.25) is 5.91 Å². The number of nitrogens with one attached hydrogen (secondary N) is 1. The zero-order valence-corrected chi connectivity index (χ0v) is 20.0. The summed E-state index contributed by atoms with van der Waals surface area (Å²) < 4.78 is 10.5. The summed E-state index contributed by atoms with van der Waals surface area (Å²) in [6.07, 6.45) is 0. The number of nitrogens with zero attached hydrogens (tertiary/aromatic N) is 2. The van der Waals surface area contributed by atoms with E-state index in [1.165, 1.54) is 7.11 Å². The molecule has 2 aromatic rings. The van der Waals surface area contributed by atoms with Crippen LogP contribution in [-0.4, -0.2) is 72.0 Å². The van der Waals surface area contributed by atoms with Gasteiger partial charge in [-0.05, 0) is 30.3 Å². The van der Waals surface area contributed by atoms with E-state index in [0.717, 1.165) is 0 Å². The third-order valence-corrected chi connectivity index (χ3v) is 6.34. The van der Waals surface area contributed by atoms with E-state index >= 15 is 0 Å². The fraction of sp³-hybridized carbons (Fsp3) is 0.318. The highest BCUT2D eigenvalue weighted by atomic mass is 127. The summed E-state index contributed by atoms with van der Waals surface area (Å²) in [7, 11) is 3.07. The number of methoxy groups -OCH3 is 2. The summed E-state index contributed by atoms with van der Waals surface area (Å²) >= 11 is 2.23. The minimum Gasteiger partial charge on any atom is -0.493 e. The van der Waals surface area contributed by atoms with E-state index in [4.69, 9.17) is 15.2 Å². The van der Waals surface area contributed by atoms with E-state index < -0.39 is 5.91 Å². The first-order valence-corrected chi connectivity index (χ1v) is 11.2. The molecular formula is C22H25IN4O5. The Labute approximate surface area is 200 Å². The highest BCUT2D eigenvalue weighted by Gasteiger charge is 2.30. The van der Waals surface area contributed by atoms with Crippen molar-refractivity contribution in [2.45, 2.75) is 4.05 Å². The molecule has 0 saturated carbocycles. The van der Waals surface area contributed by atoms with Crippen molar-refractivity contribution in [2.24, 2.45) is 5.73 Å². The van der Waals surface area contributed by atoms with Crippen molar-refractivity contribution in [3.63, 3.8) is 0 Å². The molecule has 0 aliphatic carbocycles. The van der Waals surface area contributed by atoms with Crippen LogP contribution in [0.1, 0.15) is 20.7 Å². The number of halogens is 1. The van der Waals surface area contributed by atoms with Crippen LogP contribution in [0.3, 0.4) is 0 Å². The van der Waals surface area contributed by atoms with Crippen LogP contribution in [0.2, 0.25) is 0 Å². The lowest BCUT2D eigenvalue weighted by Crippen LogP contribution is -2.54. The number of nitrogens with two attached hydrogens (primary N) is 1. The molecule has 1 saturated heterocycles. The molecule has 1 fully saturated rings. The summed E-state index contributed by atoms with van der Waals surface area (Å²) in [4.78, 5) is 40.8. The Morgan fingerprint density at radius 2 is 1.81 bits per heavy atom. The quantitative estimate of drug-likeness (QED) is 0.309. The van der Waals surface area contributed by atoms with E-state index in [1.54, 1.807) is 54.5 Å². The van der Waals surface area contributed by atoms with E-state index in [2.05, 4.69) is 27.9 Å². The summed E-state index contributed by atoms with van der Waals surface area (Å²) in [5, 5.41) is 2.75. The fourth-order valence-corrected chi connectivity index (χ4v) is 4.42. The van der Waals surface area contributed by atoms with Crippen molar-refractivity contribution in [2.75, 3.05) is 45.7 Å². The molecule has 3 N–H and O–H groups in total. The lowest BCUT2D eigenvalue weighted by atomic mass is 10.1. The van der Waals surface area contributed by atoms with Crippen molar-refractivity contribution < 1.29 is 23.9 Å². The monoisotopic (exact) mass is 552 g/mol. The number of anilines is 1. The number of hydrogen-bond donors (Lipinski definition) is 2. The molecule has 3 amide bonds. The second-order valence-electron chi connectivity index (χ2n) is 7.18. The number of rotatable bonds is 7. The predicted octanol–water partition coefficient (Wildman–Crippen LogP) is 1.96. The van der Waals surface area contributed by atoms with Crippen LogP contribution in [0.25, 0.3) is 0 Å². The van der Waals surface area contributed by atoms with E-state index in [-0.39, 0.29) is 28.0 Å². The van der Waals surface area contributed by atoms with Crippen LogP contribution in [0.5, 0.6) is 11.5 Å². The molecule has 1 aliphatic heterocycles. The fourth-order valence-electron chi connectivity index (χ4n) is 3.47. The van der Waals surface area contributed by atoms with Gasteiger partial charge in [-0.2, -0.15) is 0 Å². The average molecular weight is 552 g/mol. The van der Waals surface area contributed by atoms with Gasteiger partial charge in [0, 0.05) is 25.2 Å². The maximum absolute atomic E-state index is 13.0. The van der Waals surface area contributed by atoms with Crippen LogP contribution in [0.4, 0.5) is 5.69 Å². The Morgan fingerprint density at radius 3 is 2.47 bits per heavy atom. The lowest BCUT2D eigenvalue weighted by molar-refractivity contribution is -0.117. The maximum Gasteiger partial charge on any atom is 0.254 e. The Bertz CT molecular complexity index is 1020. The van der Waals surface area contributed by atoms with E-state index in [1.807, 2.05) is 4.90 Å². The molecule has 0 radical (unpaired) electrons. The first kappa shape index (κ1) is 23.8. The molecule has 3 rings (SSSR count). The van der Waals surface area contributed by atoms with Gasteiger partial charge in [-0.3, -0.25) is 19.3 Å². The molecule has 1 unspecified atom stereocenters. The SMILES string of the molecule is COc1ccc(C(=O)N2CCN(CC(=O)Nc3ccccc3C(N)=O)C(I)C2)cc1OC. The molecule has 170 valence electrons. The maximum atomic E-state index is 13.0. The van der Waals surface area contributed by atoms with Gasteiger partial charge in [-0.15, -0.1) is 0 Å². The minimum absolute atomic E-state index is 0.0532. The molecule has 1 atom stereocenters. The van der Waals surface area contributed by atoms with Crippen molar-refractivity contribution in [3.8, 4) is 11.5 Å². The molecule has 1 aliphatic rings. The number of carbonyl (C=O) groups is 3. The average Bonchev–Trinajstić information content (AvgIpc) is 2.79. The minimum atomic E-state index is -0.602. The van der Waals surface area contributed by atoms with Gasteiger partial charge in [0.25, 0.3) is 11.8 Å². The smallest absolute Gasteiger partial charge is 0.254 e. The van der Waals surface area contributed by atoms with Crippen molar-refractivity contribution in [3.05, 3.63) is 53.6 Å². The first-order chi connectivity index (χ1) is 15.3. The molecule has 0 bridgehead atoms. The molecular weight excluding hydrogens is 527 g/mol. The standard InChI is InChI=1S/C22H25IN4O5/c1-31-17-8-7-14(11-18(17)32-2)22(30)27-10-9-26(19(23)12-27)13-20(28)25-16-6-4-3-5-15(16)21(24)29/h3-8,11,19H,9-10,12-13H2,1-2H3,(H2,24,29)(H,25,28). The second kappa shape index (κ2) is 10.6. The Hall–Kier alpha value is -2.86. The largest absolute Gasteiger partial charge is 0.493 e. The molecule has 2 aromatic carbocycles. The first-order valence-electron chi connectivity index (χ1n) is 9.92. The molecule has 0 spiro atoms. The van der Waals surface area contributed by atoms with E-state index in [9.17, 15) is 14.4 Å². The van der Waals surface area contributed by atoms with Gasteiger partial charge in [0.1, 0.15) is 0 Å². The van der Waals surface area contributed by atoms with Gasteiger partial charge in [-0.1, -0.05) is 34.7 Å². The zero-order valence-electron chi connectivity index (χ0n) is 17.8. The summed E-state index contributed by atoms with van der Waals surface area (Å²) in [6.45, 7) is 1.63. The number of alkyl halides is 1. The number of amides is 3. The summed E-state index contributed by atoms with van der Waals surface area (Å²) in [5.74, 6) is 0.0996. The van der Waals surface area contributed by atoms with Gasteiger partial charge < -0.3 is 25.4 Å². The number of benzene rings is 2. The zero-order chi connectivity index (χ0) is 23.3. The molecule has 0 aromatic heterocycles. The number of ether oxygens (including phenoxy) is 2. The van der Waals surface area contributed by atoms with Gasteiger partial charge >= 0.3 is 0 Å². The molecule has 10 heteroatoms. The Balaban J connectivity index is 1.60. The van der Waals surface area contributed by atoms with Crippen LogP contribution in [-0.2, 0) is 4.79 Å². The van der Waals surface area contributed by atoms with Gasteiger partial charge in [0.05, 0.1) is 36.1 Å².